The second-order valence-corrected chi connectivity index (χ2v) is 4.27. The molecule has 0 aromatic rings. The number of rotatable bonds is 4. The second-order valence-electron chi connectivity index (χ2n) is 4.27. The van der Waals surface area contributed by atoms with Crippen molar-refractivity contribution in [2.45, 2.75) is 32.0 Å². The van der Waals surface area contributed by atoms with Gasteiger partial charge in [0.05, 0.1) is 12.6 Å². The van der Waals surface area contributed by atoms with Gasteiger partial charge in [0, 0.05) is 6.54 Å². The maximum Gasteiger partial charge on any atom is 0.404 e. The summed E-state index contributed by atoms with van der Waals surface area (Å²) in [5.74, 6) is -1.05. The number of halogens is 3. The van der Waals surface area contributed by atoms with Crippen molar-refractivity contribution >= 4 is 5.91 Å². The Morgan fingerprint density at radius 1 is 1.59 bits per heavy atom. The molecule has 1 heterocycles. The van der Waals surface area contributed by atoms with Gasteiger partial charge in [-0.2, -0.15) is 13.2 Å². The molecule has 7 heteroatoms. The van der Waals surface area contributed by atoms with Gasteiger partial charge in [-0.15, -0.1) is 0 Å². The highest BCUT2D eigenvalue weighted by Crippen LogP contribution is 2.43. The number of nitrogens with one attached hydrogen (secondary N) is 2. The van der Waals surface area contributed by atoms with E-state index in [2.05, 4.69) is 10.6 Å². The first-order valence-corrected chi connectivity index (χ1v) is 5.56. The predicted octanol–water partition coefficient (Wildman–Crippen LogP) is 0.415. The van der Waals surface area contributed by atoms with Gasteiger partial charge in [0.2, 0.25) is 5.91 Å². The van der Waals surface area contributed by atoms with E-state index in [1.807, 2.05) is 0 Å². The van der Waals surface area contributed by atoms with E-state index in [4.69, 9.17) is 5.11 Å². The molecule has 1 aliphatic rings. The Bertz CT molecular complexity index is 271. The maximum absolute atomic E-state index is 13.0. The fraction of sp³-hybridized carbons (Fsp3) is 0.900. The monoisotopic (exact) mass is 254 g/mol. The molecule has 2 atom stereocenters. The van der Waals surface area contributed by atoms with Crippen LogP contribution in [0.3, 0.4) is 0 Å². The summed E-state index contributed by atoms with van der Waals surface area (Å²) in [4.78, 5) is 11.8. The molecule has 0 spiro atoms. The average Bonchev–Trinajstić information content (AvgIpc) is 2.74. The van der Waals surface area contributed by atoms with E-state index in [-0.39, 0.29) is 19.6 Å². The molecule has 1 fully saturated rings. The number of carbonyl (C=O) groups is 1. The molecule has 0 radical (unpaired) electrons. The van der Waals surface area contributed by atoms with Crippen molar-refractivity contribution in [2.24, 2.45) is 5.41 Å². The Morgan fingerprint density at radius 2 is 2.24 bits per heavy atom. The Hall–Kier alpha value is -0.820. The van der Waals surface area contributed by atoms with E-state index >= 15 is 0 Å². The number of aliphatic hydroxyl groups is 1. The topological polar surface area (TPSA) is 61.4 Å². The van der Waals surface area contributed by atoms with E-state index < -0.39 is 30.1 Å². The summed E-state index contributed by atoms with van der Waals surface area (Å²) in [5.41, 5.74) is -2.35. The van der Waals surface area contributed by atoms with Crippen LogP contribution in [0, 0.1) is 5.41 Å². The molecular weight excluding hydrogens is 237 g/mol. The molecular formula is C10H17F3N2O2. The van der Waals surface area contributed by atoms with Gasteiger partial charge >= 0.3 is 6.18 Å². The van der Waals surface area contributed by atoms with Crippen molar-refractivity contribution in [3.63, 3.8) is 0 Å². The largest absolute Gasteiger partial charge is 0.404 e. The first-order valence-electron chi connectivity index (χ1n) is 5.56. The number of hydrogen-bond donors (Lipinski definition) is 3. The standard InChI is InChI=1S/C10H17F3N2O2/c1-2-7(5-16)15-8(17)9(10(11,12)13)3-4-14-6-9/h7,14,16H,2-6H2,1H3,(H,15,17)/t7-,9?/m0/s1. The predicted molar refractivity (Wildman–Crippen MR) is 55.3 cm³/mol. The second kappa shape index (κ2) is 5.22. The fourth-order valence-corrected chi connectivity index (χ4v) is 1.86. The molecule has 17 heavy (non-hydrogen) atoms. The highest BCUT2D eigenvalue weighted by atomic mass is 19.4. The van der Waals surface area contributed by atoms with E-state index in [9.17, 15) is 18.0 Å². The molecule has 1 saturated heterocycles. The SMILES string of the molecule is CC[C@@H](CO)NC(=O)C1(C(F)(F)F)CCNC1. The minimum atomic E-state index is -4.58. The lowest BCUT2D eigenvalue weighted by atomic mass is 9.85. The highest BCUT2D eigenvalue weighted by molar-refractivity contribution is 5.84. The Kier molecular flexibility index (Phi) is 4.37. The summed E-state index contributed by atoms with van der Waals surface area (Å²) in [6.07, 6.45) is -4.44. The van der Waals surface area contributed by atoms with Crippen molar-refractivity contribution in [1.29, 1.82) is 0 Å². The van der Waals surface area contributed by atoms with Crippen LogP contribution in [0.5, 0.6) is 0 Å². The van der Waals surface area contributed by atoms with Gasteiger partial charge in [0.25, 0.3) is 0 Å². The van der Waals surface area contributed by atoms with Crippen LogP contribution in [0.2, 0.25) is 0 Å². The summed E-state index contributed by atoms with van der Waals surface area (Å²) in [6, 6.07) is -0.623. The Morgan fingerprint density at radius 3 is 2.59 bits per heavy atom. The minimum Gasteiger partial charge on any atom is -0.394 e. The third-order valence-corrected chi connectivity index (χ3v) is 3.18. The van der Waals surface area contributed by atoms with Gasteiger partial charge in [-0.25, -0.2) is 0 Å². The third-order valence-electron chi connectivity index (χ3n) is 3.18. The van der Waals surface area contributed by atoms with E-state index in [0.29, 0.717) is 6.42 Å². The van der Waals surface area contributed by atoms with Crippen LogP contribution >= 0.6 is 0 Å². The lowest BCUT2D eigenvalue weighted by Crippen LogP contribution is -2.54. The van der Waals surface area contributed by atoms with E-state index in [1.54, 1.807) is 6.92 Å². The quantitative estimate of drug-likeness (QED) is 0.681. The van der Waals surface area contributed by atoms with Crippen LogP contribution in [-0.4, -0.2) is 42.9 Å². The van der Waals surface area contributed by atoms with Crippen molar-refractivity contribution in [3.8, 4) is 0 Å². The van der Waals surface area contributed by atoms with E-state index in [0.717, 1.165) is 0 Å². The van der Waals surface area contributed by atoms with Gasteiger partial charge < -0.3 is 15.7 Å². The van der Waals surface area contributed by atoms with Gasteiger partial charge in [0.15, 0.2) is 5.41 Å². The van der Waals surface area contributed by atoms with Crippen LogP contribution in [0.1, 0.15) is 19.8 Å². The minimum absolute atomic E-state index is 0.169. The average molecular weight is 254 g/mol. The van der Waals surface area contributed by atoms with Crippen LogP contribution in [-0.2, 0) is 4.79 Å². The molecule has 0 bridgehead atoms. The number of aliphatic hydroxyl groups excluding tert-OH is 1. The molecule has 3 N–H and O–H groups in total. The molecule has 4 nitrogen and oxygen atoms in total. The molecule has 100 valence electrons. The molecule has 1 rings (SSSR count). The summed E-state index contributed by atoms with van der Waals surface area (Å²) in [7, 11) is 0. The molecule has 0 aliphatic carbocycles. The molecule has 0 aromatic heterocycles. The number of amides is 1. The Labute approximate surface area is 97.6 Å². The van der Waals surface area contributed by atoms with Crippen molar-refractivity contribution < 1.29 is 23.1 Å². The summed E-state index contributed by atoms with van der Waals surface area (Å²) >= 11 is 0. The number of alkyl halides is 3. The smallest absolute Gasteiger partial charge is 0.394 e. The summed E-state index contributed by atoms with van der Waals surface area (Å²) < 4.78 is 38.9. The lowest BCUT2D eigenvalue weighted by Gasteiger charge is -2.31. The molecule has 1 unspecified atom stereocenters. The van der Waals surface area contributed by atoms with Gasteiger partial charge in [-0.05, 0) is 19.4 Å². The van der Waals surface area contributed by atoms with Crippen molar-refractivity contribution in [1.82, 2.24) is 10.6 Å². The summed E-state index contributed by atoms with van der Waals surface area (Å²) in [6.45, 7) is 1.10. The zero-order chi connectivity index (χ0) is 13.1. The summed E-state index contributed by atoms with van der Waals surface area (Å²) in [5, 5.41) is 13.7. The van der Waals surface area contributed by atoms with Crippen molar-refractivity contribution in [2.75, 3.05) is 19.7 Å². The first kappa shape index (κ1) is 14.2. The van der Waals surface area contributed by atoms with Gasteiger partial charge in [0.1, 0.15) is 0 Å². The van der Waals surface area contributed by atoms with Crippen LogP contribution in [0.15, 0.2) is 0 Å². The van der Waals surface area contributed by atoms with E-state index in [1.165, 1.54) is 0 Å². The first-order chi connectivity index (χ1) is 7.87. The lowest BCUT2D eigenvalue weighted by molar-refractivity contribution is -0.216. The highest BCUT2D eigenvalue weighted by Gasteiger charge is 2.61. The van der Waals surface area contributed by atoms with Gasteiger partial charge in [-0.3, -0.25) is 4.79 Å². The normalized spacial score (nSPS) is 26.9. The van der Waals surface area contributed by atoms with Crippen LogP contribution < -0.4 is 10.6 Å². The van der Waals surface area contributed by atoms with Crippen LogP contribution in [0.4, 0.5) is 13.2 Å². The zero-order valence-corrected chi connectivity index (χ0v) is 9.60. The Balaban J connectivity index is 2.82. The molecule has 1 aliphatic heterocycles. The van der Waals surface area contributed by atoms with Gasteiger partial charge in [-0.1, -0.05) is 6.92 Å². The molecule has 1 amide bonds. The molecule has 0 aromatic carbocycles. The maximum atomic E-state index is 13.0. The zero-order valence-electron chi connectivity index (χ0n) is 9.60. The number of hydrogen-bond acceptors (Lipinski definition) is 3. The third kappa shape index (κ3) is 2.71. The van der Waals surface area contributed by atoms with Crippen molar-refractivity contribution in [3.05, 3.63) is 0 Å². The number of carbonyl (C=O) groups excluding carboxylic acids is 1. The molecule has 0 saturated carbocycles. The fourth-order valence-electron chi connectivity index (χ4n) is 1.86. The van der Waals surface area contributed by atoms with Crippen LogP contribution in [0.25, 0.3) is 0 Å².